The lowest BCUT2D eigenvalue weighted by Crippen LogP contribution is -2.32. The second kappa shape index (κ2) is 9.42. The van der Waals surface area contributed by atoms with Crippen LogP contribution in [0.25, 0.3) is 22.6 Å². The number of rotatable bonds is 6. The van der Waals surface area contributed by atoms with E-state index in [1.807, 2.05) is 18.2 Å². The molecular weight excluding hydrogens is 451 g/mol. The summed E-state index contributed by atoms with van der Waals surface area (Å²) >= 11 is 12.0. The highest BCUT2D eigenvalue weighted by Crippen LogP contribution is 2.28. The Morgan fingerprint density at radius 1 is 1.06 bits per heavy atom. The molecule has 1 atom stereocenters. The predicted octanol–water partition coefficient (Wildman–Crippen LogP) is 6.38. The number of nitrogens with zero attached hydrogens (tertiary/aromatic N) is 1. The number of carbonyl (C=O) groups excluding carboxylic acids is 2. The third-order valence-electron chi connectivity index (χ3n) is 4.77. The van der Waals surface area contributed by atoms with E-state index in [1.54, 1.807) is 49.4 Å². The Hall–Kier alpha value is -3.35. The van der Waals surface area contributed by atoms with Gasteiger partial charge < -0.3 is 14.5 Å². The normalized spacial score (nSPS) is 11.8. The highest BCUT2D eigenvalue weighted by molar-refractivity contribution is 6.36. The maximum absolute atomic E-state index is 13.0. The number of ether oxygens (including phenoxy) is 1. The number of para-hydroxylation sites is 2. The van der Waals surface area contributed by atoms with E-state index in [2.05, 4.69) is 10.3 Å². The number of anilines is 1. The summed E-state index contributed by atoms with van der Waals surface area (Å²) in [5.41, 5.74) is 2.38. The van der Waals surface area contributed by atoms with Crippen molar-refractivity contribution in [2.75, 3.05) is 5.32 Å². The Balaban J connectivity index is 1.55. The van der Waals surface area contributed by atoms with Gasteiger partial charge in [0.2, 0.25) is 5.89 Å². The van der Waals surface area contributed by atoms with Crippen molar-refractivity contribution in [3.63, 3.8) is 0 Å². The van der Waals surface area contributed by atoms with Crippen molar-refractivity contribution in [3.05, 3.63) is 82.3 Å². The first-order valence-electron chi connectivity index (χ1n) is 9.88. The van der Waals surface area contributed by atoms with Gasteiger partial charge in [0.15, 0.2) is 11.7 Å². The van der Waals surface area contributed by atoms with E-state index < -0.39 is 18.0 Å². The van der Waals surface area contributed by atoms with E-state index in [0.717, 1.165) is 0 Å². The van der Waals surface area contributed by atoms with Crippen LogP contribution in [0, 0.1) is 0 Å². The second-order valence-electron chi connectivity index (χ2n) is 6.95. The van der Waals surface area contributed by atoms with Crippen molar-refractivity contribution in [2.45, 2.75) is 19.4 Å². The number of hydrogen-bond acceptors (Lipinski definition) is 5. The van der Waals surface area contributed by atoms with Crippen LogP contribution in [0.4, 0.5) is 5.69 Å². The minimum absolute atomic E-state index is 0.245. The van der Waals surface area contributed by atoms with Crippen LogP contribution in [-0.4, -0.2) is 23.0 Å². The van der Waals surface area contributed by atoms with Gasteiger partial charge in [0.1, 0.15) is 5.52 Å². The summed E-state index contributed by atoms with van der Waals surface area (Å²) in [6, 6.07) is 18.8. The Morgan fingerprint density at radius 3 is 2.56 bits per heavy atom. The molecule has 6 nitrogen and oxygen atoms in total. The average Bonchev–Trinajstić information content (AvgIpc) is 3.23. The predicted molar refractivity (Wildman–Crippen MR) is 124 cm³/mol. The smallest absolute Gasteiger partial charge is 0.339 e. The molecule has 0 bridgehead atoms. The third kappa shape index (κ3) is 4.61. The van der Waals surface area contributed by atoms with E-state index in [4.69, 9.17) is 32.4 Å². The summed E-state index contributed by atoms with van der Waals surface area (Å²) in [6.45, 7) is 1.74. The largest absolute Gasteiger partial charge is 0.449 e. The summed E-state index contributed by atoms with van der Waals surface area (Å²) in [5.74, 6) is -0.860. The van der Waals surface area contributed by atoms with Gasteiger partial charge in [-0.15, -0.1) is 0 Å². The van der Waals surface area contributed by atoms with E-state index in [0.29, 0.717) is 33.3 Å². The van der Waals surface area contributed by atoms with Gasteiger partial charge in [-0.2, -0.15) is 0 Å². The number of nitrogens with one attached hydrogen (secondary N) is 1. The summed E-state index contributed by atoms with van der Waals surface area (Å²) in [5, 5.41) is 3.40. The maximum Gasteiger partial charge on any atom is 0.339 e. The van der Waals surface area contributed by atoms with Crippen molar-refractivity contribution in [2.24, 2.45) is 0 Å². The van der Waals surface area contributed by atoms with Crippen LogP contribution in [0.5, 0.6) is 0 Å². The minimum atomic E-state index is -1.02. The molecule has 0 fully saturated rings. The molecule has 4 aromatic rings. The molecule has 1 aromatic heterocycles. The topological polar surface area (TPSA) is 81.4 Å². The van der Waals surface area contributed by atoms with Crippen molar-refractivity contribution in [1.82, 2.24) is 4.98 Å². The Kier molecular flexibility index (Phi) is 6.44. The van der Waals surface area contributed by atoms with Crippen LogP contribution in [0.2, 0.25) is 10.0 Å². The molecule has 1 N–H and O–H groups in total. The fraction of sp³-hybridized carbons (Fsp3) is 0.125. The molecule has 0 aliphatic carbocycles. The summed E-state index contributed by atoms with van der Waals surface area (Å²) in [7, 11) is 0. The molecule has 8 heteroatoms. The number of halogens is 2. The molecule has 4 rings (SSSR count). The first-order valence-corrected chi connectivity index (χ1v) is 10.6. The van der Waals surface area contributed by atoms with Crippen LogP contribution in [-0.2, 0) is 9.53 Å². The van der Waals surface area contributed by atoms with Crippen LogP contribution < -0.4 is 5.32 Å². The highest BCUT2D eigenvalue weighted by Gasteiger charge is 2.25. The van der Waals surface area contributed by atoms with Crippen molar-refractivity contribution in [1.29, 1.82) is 0 Å². The lowest BCUT2D eigenvalue weighted by atomic mass is 10.1. The van der Waals surface area contributed by atoms with Crippen molar-refractivity contribution >= 4 is 51.9 Å². The van der Waals surface area contributed by atoms with Crippen LogP contribution in [0.15, 0.2) is 71.1 Å². The van der Waals surface area contributed by atoms with Gasteiger partial charge in [-0.1, -0.05) is 54.4 Å². The standard InChI is InChI=1S/C24H18Cl2N2O4/c1-2-20(22(29)27-18-12-11-14(25)13-17(18)26)32-24(30)16-8-4-3-7-15(16)23-28-19-9-5-6-10-21(19)31-23/h3-13,20H,2H2,1H3,(H,27,29). The van der Waals surface area contributed by atoms with Crippen molar-refractivity contribution < 1.29 is 18.7 Å². The first kappa shape index (κ1) is 21.9. The summed E-state index contributed by atoms with van der Waals surface area (Å²) < 4.78 is 11.3. The van der Waals surface area contributed by atoms with Crippen LogP contribution >= 0.6 is 23.2 Å². The van der Waals surface area contributed by atoms with E-state index in [1.165, 1.54) is 6.07 Å². The zero-order chi connectivity index (χ0) is 22.7. The number of benzene rings is 3. The first-order chi connectivity index (χ1) is 15.5. The second-order valence-corrected chi connectivity index (χ2v) is 7.79. The number of amides is 1. The zero-order valence-corrected chi connectivity index (χ0v) is 18.5. The molecule has 0 spiro atoms. The average molecular weight is 469 g/mol. The number of fused-ring (bicyclic) bond motifs is 1. The van der Waals surface area contributed by atoms with E-state index >= 15 is 0 Å². The fourth-order valence-corrected chi connectivity index (χ4v) is 3.61. The number of carbonyl (C=O) groups is 2. The SMILES string of the molecule is CCC(OC(=O)c1ccccc1-c1nc2ccccc2o1)C(=O)Nc1ccc(Cl)cc1Cl. The molecule has 1 amide bonds. The molecule has 162 valence electrons. The number of esters is 1. The van der Waals surface area contributed by atoms with Gasteiger partial charge >= 0.3 is 5.97 Å². The molecular formula is C24H18Cl2N2O4. The van der Waals surface area contributed by atoms with Gasteiger partial charge in [0.25, 0.3) is 5.91 Å². The Labute approximate surface area is 194 Å². The van der Waals surface area contributed by atoms with Gasteiger partial charge in [0.05, 0.1) is 21.8 Å². The van der Waals surface area contributed by atoms with Gasteiger partial charge in [-0.25, -0.2) is 9.78 Å². The lowest BCUT2D eigenvalue weighted by Gasteiger charge is -2.17. The van der Waals surface area contributed by atoms with Gasteiger partial charge in [-0.3, -0.25) is 4.79 Å². The maximum atomic E-state index is 13.0. The molecule has 3 aromatic carbocycles. The van der Waals surface area contributed by atoms with Gasteiger partial charge in [-0.05, 0) is 48.9 Å². The fourth-order valence-electron chi connectivity index (χ4n) is 3.15. The quantitative estimate of drug-likeness (QED) is 0.332. The highest BCUT2D eigenvalue weighted by atomic mass is 35.5. The van der Waals surface area contributed by atoms with E-state index in [9.17, 15) is 9.59 Å². The molecule has 0 aliphatic rings. The summed E-state index contributed by atoms with van der Waals surface area (Å²) in [6.07, 6.45) is -0.751. The molecule has 0 aliphatic heterocycles. The van der Waals surface area contributed by atoms with Gasteiger partial charge in [0, 0.05) is 5.02 Å². The van der Waals surface area contributed by atoms with Crippen molar-refractivity contribution in [3.8, 4) is 11.5 Å². The third-order valence-corrected chi connectivity index (χ3v) is 5.32. The van der Waals surface area contributed by atoms with Crippen LogP contribution in [0.1, 0.15) is 23.7 Å². The number of hydrogen-bond donors (Lipinski definition) is 1. The molecule has 0 radical (unpaired) electrons. The monoisotopic (exact) mass is 468 g/mol. The molecule has 32 heavy (non-hydrogen) atoms. The lowest BCUT2D eigenvalue weighted by molar-refractivity contribution is -0.124. The Bertz CT molecular complexity index is 1270. The number of oxazole rings is 1. The Morgan fingerprint density at radius 2 is 1.81 bits per heavy atom. The van der Waals surface area contributed by atoms with E-state index in [-0.39, 0.29) is 17.0 Å². The molecule has 1 heterocycles. The molecule has 0 saturated carbocycles. The summed E-state index contributed by atoms with van der Waals surface area (Å²) in [4.78, 5) is 30.1. The number of aromatic nitrogens is 1. The molecule has 1 unspecified atom stereocenters. The van der Waals surface area contributed by atoms with Crippen LogP contribution in [0.3, 0.4) is 0 Å². The minimum Gasteiger partial charge on any atom is -0.449 e. The molecule has 0 saturated heterocycles. The zero-order valence-electron chi connectivity index (χ0n) is 17.0.